The van der Waals surface area contributed by atoms with Gasteiger partial charge >= 0.3 is 0 Å². The molecule has 0 unspecified atom stereocenters. The summed E-state index contributed by atoms with van der Waals surface area (Å²) in [5.74, 6) is -0.348. The van der Waals surface area contributed by atoms with Gasteiger partial charge in [0.1, 0.15) is 0 Å². The molecule has 27 heavy (non-hydrogen) atoms. The van der Waals surface area contributed by atoms with Crippen molar-refractivity contribution in [2.75, 3.05) is 25.1 Å². The third-order valence-electron chi connectivity index (χ3n) is 4.18. The molecule has 0 heterocycles. The topological polar surface area (TPSA) is 67.4 Å². The Kier molecular flexibility index (Phi) is 8.52. The average molecular weight is 368 g/mol. The highest BCUT2D eigenvalue weighted by Crippen LogP contribution is 2.18. The number of hydrogen-bond donors (Lipinski definition) is 2. The van der Waals surface area contributed by atoms with E-state index in [4.69, 9.17) is 4.74 Å². The number of rotatable bonds is 10. The van der Waals surface area contributed by atoms with Gasteiger partial charge < -0.3 is 15.4 Å². The molecular formula is C22H28N2O3. The summed E-state index contributed by atoms with van der Waals surface area (Å²) < 4.78 is 5.48. The third kappa shape index (κ3) is 6.87. The van der Waals surface area contributed by atoms with Crippen LogP contribution in [-0.2, 0) is 4.74 Å². The summed E-state index contributed by atoms with van der Waals surface area (Å²) in [5.41, 5.74) is 2.64. The Morgan fingerprint density at radius 3 is 2.41 bits per heavy atom. The van der Waals surface area contributed by atoms with E-state index in [9.17, 15) is 9.59 Å². The molecule has 2 amide bonds. The van der Waals surface area contributed by atoms with Gasteiger partial charge in [-0.05, 0) is 49.6 Å². The lowest BCUT2D eigenvalue weighted by Gasteiger charge is -2.11. The molecule has 0 aromatic heterocycles. The zero-order valence-electron chi connectivity index (χ0n) is 16.1. The van der Waals surface area contributed by atoms with E-state index in [1.807, 2.05) is 31.2 Å². The van der Waals surface area contributed by atoms with Gasteiger partial charge in [-0.25, -0.2) is 0 Å². The summed E-state index contributed by atoms with van der Waals surface area (Å²) in [6.45, 7) is 6.00. The van der Waals surface area contributed by atoms with E-state index in [-0.39, 0.29) is 11.8 Å². The summed E-state index contributed by atoms with van der Waals surface area (Å²) in [4.78, 5) is 24.7. The second-order valence-corrected chi connectivity index (χ2v) is 6.43. The number of amides is 2. The van der Waals surface area contributed by atoms with Gasteiger partial charge in [0.2, 0.25) is 0 Å². The number of nitrogens with one attached hydrogen (secondary N) is 2. The van der Waals surface area contributed by atoms with Crippen molar-refractivity contribution in [3.63, 3.8) is 0 Å². The fourth-order valence-electron chi connectivity index (χ4n) is 2.51. The van der Waals surface area contributed by atoms with Crippen LogP contribution >= 0.6 is 0 Å². The SMILES string of the molecule is CCCCOCCCNC(=O)c1ccc(C)c(NC(=O)c2ccccc2)c1. The van der Waals surface area contributed by atoms with Crippen molar-refractivity contribution in [3.8, 4) is 0 Å². The molecule has 5 nitrogen and oxygen atoms in total. The maximum Gasteiger partial charge on any atom is 0.255 e. The van der Waals surface area contributed by atoms with Crippen LogP contribution in [0.5, 0.6) is 0 Å². The van der Waals surface area contributed by atoms with Crippen LogP contribution in [0.15, 0.2) is 48.5 Å². The maximum absolute atomic E-state index is 12.3. The zero-order valence-corrected chi connectivity index (χ0v) is 16.1. The Morgan fingerprint density at radius 1 is 0.926 bits per heavy atom. The Labute approximate surface area is 161 Å². The third-order valence-corrected chi connectivity index (χ3v) is 4.18. The molecule has 2 aromatic carbocycles. The van der Waals surface area contributed by atoms with Gasteiger partial charge in [-0.1, -0.05) is 37.6 Å². The molecule has 2 rings (SSSR count). The summed E-state index contributed by atoms with van der Waals surface area (Å²) in [6, 6.07) is 14.3. The minimum absolute atomic E-state index is 0.154. The quantitative estimate of drug-likeness (QED) is 0.618. The molecule has 0 aliphatic rings. The molecule has 0 aliphatic heterocycles. The van der Waals surface area contributed by atoms with E-state index in [0.717, 1.165) is 31.4 Å². The Hall–Kier alpha value is -2.66. The Bertz CT molecular complexity index is 744. The second-order valence-electron chi connectivity index (χ2n) is 6.43. The summed E-state index contributed by atoms with van der Waals surface area (Å²) in [7, 11) is 0. The minimum Gasteiger partial charge on any atom is -0.381 e. The molecule has 2 N–H and O–H groups in total. The minimum atomic E-state index is -0.194. The van der Waals surface area contributed by atoms with Gasteiger partial charge in [-0.15, -0.1) is 0 Å². The standard InChI is InChI=1S/C22H28N2O3/c1-3-4-14-27-15-8-13-23-21(25)19-12-11-17(2)20(16-19)24-22(26)18-9-6-5-7-10-18/h5-7,9-12,16H,3-4,8,13-15H2,1-2H3,(H,23,25)(H,24,26). The van der Waals surface area contributed by atoms with Crippen molar-refractivity contribution in [1.82, 2.24) is 5.32 Å². The van der Waals surface area contributed by atoms with E-state index in [2.05, 4.69) is 17.6 Å². The molecule has 5 heteroatoms. The van der Waals surface area contributed by atoms with Gasteiger partial charge in [-0.2, -0.15) is 0 Å². The first-order valence-corrected chi connectivity index (χ1v) is 9.44. The summed E-state index contributed by atoms with van der Waals surface area (Å²) >= 11 is 0. The van der Waals surface area contributed by atoms with Crippen LogP contribution < -0.4 is 10.6 Å². The Morgan fingerprint density at radius 2 is 1.67 bits per heavy atom. The molecule has 0 fully saturated rings. The van der Waals surface area contributed by atoms with Crippen molar-refractivity contribution < 1.29 is 14.3 Å². The normalized spacial score (nSPS) is 10.4. The van der Waals surface area contributed by atoms with Crippen LogP contribution in [-0.4, -0.2) is 31.6 Å². The highest BCUT2D eigenvalue weighted by Gasteiger charge is 2.11. The van der Waals surface area contributed by atoms with Crippen LogP contribution in [0.25, 0.3) is 0 Å². The average Bonchev–Trinajstić information content (AvgIpc) is 2.69. The van der Waals surface area contributed by atoms with Crippen molar-refractivity contribution in [3.05, 3.63) is 65.2 Å². The fourth-order valence-corrected chi connectivity index (χ4v) is 2.51. The van der Waals surface area contributed by atoms with Crippen molar-refractivity contribution in [2.45, 2.75) is 33.1 Å². The number of unbranched alkanes of at least 4 members (excludes halogenated alkanes) is 1. The molecule has 0 spiro atoms. The molecule has 0 bridgehead atoms. The predicted molar refractivity (Wildman–Crippen MR) is 108 cm³/mol. The molecular weight excluding hydrogens is 340 g/mol. The van der Waals surface area contributed by atoms with Crippen molar-refractivity contribution >= 4 is 17.5 Å². The van der Waals surface area contributed by atoms with Crippen LogP contribution in [0.3, 0.4) is 0 Å². The molecule has 0 saturated carbocycles. The molecule has 0 aliphatic carbocycles. The van der Waals surface area contributed by atoms with Crippen molar-refractivity contribution in [1.29, 1.82) is 0 Å². The summed E-state index contributed by atoms with van der Waals surface area (Å²) in [5, 5.41) is 5.77. The van der Waals surface area contributed by atoms with Gasteiger partial charge in [0.25, 0.3) is 11.8 Å². The van der Waals surface area contributed by atoms with Gasteiger partial charge in [0.05, 0.1) is 0 Å². The molecule has 144 valence electrons. The van der Waals surface area contributed by atoms with E-state index in [1.165, 1.54) is 0 Å². The van der Waals surface area contributed by atoms with E-state index >= 15 is 0 Å². The van der Waals surface area contributed by atoms with Crippen LogP contribution in [0.1, 0.15) is 52.5 Å². The molecule has 2 aromatic rings. The van der Waals surface area contributed by atoms with Crippen LogP contribution in [0, 0.1) is 6.92 Å². The fraction of sp³-hybridized carbons (Fsp3) is 0.364. The number of carbonyl (C=O) groups is 2. The van der Waals surface area contributed by atoms with Crippen molar-refractivity contribution in [2.24, 2.45) is 0 Å². The summed E-state index contributed by atoms with van der Waals surface area (Å²) in [6.07, 6.45) is 2.96. The lowest BCUT2D eigenvalue weighted by atomic mass is 10.1. The molecule has 0 atom stereocenters. The van der Waals surface area contributed by atoms with Crippen LogP contribution in [0.2, 0.25) is 0 Å². The van der Waals surface area contributed by atoms with Gasteiger partial charge in [0, 0.05) is 36.6 Å². The molecule has 0 saturated heterocycles. The smallest absolute Gasteiger partial charge is 0.255 e. The first-order chi connectivity index (χ1) is 13.1. The maximum atomic E-state index is 12.3. The lowest BCUT2D eigenvalue weighted by molar-refractivity contribution is 0.0939. The monoisotopic (exact) mass is 368 g/mol. The predicted octanol–water partition coefficient (Wildman–Crippen LogP) is 4.18. The number of hydrogen-bond acceptors (Lipinski definition) is 3. The molecule has 0 radical (unpaired) electrons. The highest BCUT2D eigenvalue weighted by molar-refractivity contribution is 6.05. The van der Waals surface area contributed by atoms with Gasteiger partial charge in [-0.3, -0.25) is 9.59 Å². The van der Waals surface area contributed by atoms with E-state index in [0.29, 0.717) is 30.0 Å². The first-order valence-electron chi connectivity index (χ1n) is 9.44. The largest absolute Gasteiger partial charge is 0.381 e. The number of ether oxygens (including phenoxy) is 1. The lowest BCUT2D eigenvalue weighted by Crippen LogP contribution is -2.25. The first kappa shape index (κ1) is 20.6. The number of benzene rings is 2. The van der Waals surface area contributed by atoms with Gasteiger partial charge in [0.15, 0.2) is 0 Å². The Balaban J connectivity index is 1.88. The van der Waals surface area contributed by atoms with E-state index in [1.54, 1.807) is 24.3 Å². The number of carbonyl (C=O) groups excluding carboxylic acids is 2. The van der Waals surface area contributed by atoms with Crippen LogP contribution in [0.4, 0.5) is 5.69 Å². The highest BCUT2D eigenvalue weighted by atomic mass is 16.5. The number of aryl methyl sites for hydroxylation is 1. The zero-order chi connectivity index (χ0) is 19.5. The van der Waals surface area contributed by atoms with E-state index < -0.39 is 0 Å². The second kappa shape index (κ2) is 11.1. The number of anilines is 1.